The number of aryl methyl sites for hydroxylation is 1. The predicted molar refractivity (Wildman–Crippen MR) is 102 cm³/mol. The van der Waals surface area contributed by atoms with Crippen LogP contribution in [0.3, 0.4) is 0 Å². The number of carbonyl (C=O) groups excluding carboxylic acids is 1. The second kappa shape index (κ2) is 6.83. The summed E-state index contributed by atoms with van der Waals surface area (Å²) in [6.45, 7) is 6.46. The number of halogens is 1. The van der Waals surface area contributed by atoms with E-state index in [1.165, 1.54) is 23.5 Å². The highest BCUT2D eigenvalue weighted by atomic mass is 32.1. The smallest absolute Gasteiger partial charge is 0.264 e. The fourth-order valence-corrected chi connectivity index (χ4v) is 4.58. The van der Waals surface area contributed by atoms with Crippen molar-refractivity contribution in [2.24, 2.45) is 5.92 Å². The summed E-state index contributed by atoms with van der Waals surface area (Å²) in [5, 5.41) is 5.63. The SMILES string of the molecule is Cc1nn(Cc2ccc(F)cc2)c2sc(C(=O)N3CCC(C)CC3)cc12. The minimum Gasteiger partial charge on any atom is -0.338 e. The highest BCUT2D eigenvalue weighted by Gasteiger charge is 2.24. The molecule has 1 aromatic carbocycles. The second-order valence-electron chi connectivity index (χ2n) is 7.17. The largest absolute Gasteiger partial charge is 0.338 e. The van der Waals surface area contributed by atoms with Crippen molar-refractivity contribution in [3.63, 3.8) is 0 Å². The van der Waals surface area contributed by atoms with Crippen LogP contribution in [0.2, 0.25) is 0 Å². The average molecular weight is 371 g/mol. The molecule has 26 heavy (non-hydrogen) atoms. The maximum absolute atomic E-state index is 13.1. The Bertz CT molecular complexity index is 936. The van der Waals surface area contributed by atoms with Crippen molar-refractivity contribution < 1.29 is 9.18 Å². The molecule has 4 nitrogen and oxygen atoms in total. The van der Waals surface area contributed by atoms with E-state index < -0.39 is 0 Å². The summed E-state index contributed by atoms with van der Waals surface area (Å²) in [6.07, 6.45) is 2.15. The number of nitrogens with zero attached hydrogens (tertiary/aromatic N) is 3. The van der Waals surface area contributed by atoms with Gasteiger partial charge in [0.05, 0.1) is 17.1 Å². The number of benzene rings is 1. The van der Waals surface area contributed by atoms with Crippen LogP contribution < -0.4 is 0 Å². The van der Waals surface area contributed by atoms with Crippen LogP contribution >= 0.6 is 11.3 Å². The molecule has 0 bridgehead atoms. The van der Waals surface area contributed by atoms with Crippen LogP contribution in [0.4, 0.5) is 4.39 Å². The van der Waals surface area contributed by atoms with E-state index in [0.717, 1.165) is 52.3 Å². The molecule has 0 atom stereocenters. The van der Waals surface area contributed by atoms with Crippen molar-refractivity contribution >= 4 is 27.5 Å². The van der Waals surface area contributed by atoms with Gasteiger partial charge in [0.1, 0.15) is 10.6 Å². The number of fused-ring (bicyclic) bond motifs is 1. The van der Waals surface area contributed by atoms with Gasteiger partial charge in [0.25, 0.3) is 5.91 Å². The van der Waals surface area contributed by atoms with Gasteiger partial charge in [-0.05, 0) is 49.4 Å². The molecule has 1 amide bonds. The molecule has 0 radical (unpaired) electrons. The van der Waals surface area contributed by atoms with Gasteiger partial charge >= 0.3 is 0 Å². The summed E-state index contributed by atoms with van der Waals surface area (Å²) < 4.78 is 15.0. The van der Waals surface area contributed by atoms with E-state index in [-0.39, 0.29) is 11.7 Å². The molecule has 1 fully saturated rings. The fraction of sp³-hybridized carbons (Fsp3) is 0.400. The molecule has 0 saturated carbocycles. The zero-order chi connectivity index (χ0) is 18.3. The third-order valence-electron chi connectivity index (χ3n) is 5.13. The van der Waals surface area contributed by atoms with Crippen molar-refractivity contribution in [3.05, 3.63) is 52.3 Å². The lowest BCUT2D eigenvalue weighted by Gasteiger charge is -2.29. The monoisotopic (exact) mass is 371 g/mol. The Kier molecular flexibility index (Phi) is 4.53. The molecular formula is C20H22FN3OS. The summed E-state index contributed by atoms with van der Waals surface area (Å²) in [5.41, 5.74) is 1.91. The summed E-state index contributed by atoms with van der Waals surface area (Å²) in [7, 11) is 0. The van der Waals surface area contributed by atoms with Gasteiger partial charge in [-0.15, -0.1) is 11.3 Å². The number of amides is 1. The third-order valence-corrected chi connectivity index (χ3v) is 6.27. The van der Waals surface area contributed by atoms with Crippen LogP contribution in [-0.4, -0.2) is 33.7 Å². The summed E-state index contributed by atoms with van der Waals surface area (Å²) in [5.74, 6) is 0.592. The van der Waals surface area contributed by atoms with Crippen LogP contribution in [0.1, 0.15) is 40.7 Å². The lowest BCUT2D eigenvalue weighted by molar-refractivity contribution is 0.0702. The van der Waals surface area contributed by atoms with Crippen LogP contribution in [0.15, 0.2) is 30.3 Å². The van der Waals surface area contributed by atoms with Crippen molar-refractivity contribution in [2.45, 2.75) is 33.2 Å². The second-order valence-corrected chi connectivity index (χ2v) is 8.20. The first-order chi connectivity index (χ1) is 12.5. The van der Waals surface area contributed by atoms with E-state index in [4.69, 9.17) is 0 Å². The molecule has 3 aromatic rings. The van der Waals surface area contributed by atoms with Gasteiger partial charge in [-0.1, -0.05) is 19.1 Å². The number of carbonyl (C=O) groups is 1. The van der Waals surface area contributed by atoms with E-state index in [0.29, 0.717) is 12.5 Å². The van der Waals surface area contributed by atoms with Crippen molar-refractivity contribution in [1.29, 1.82) is 0 Å². The first-order valence-corrected chi connectivity index (χ1v) is 9.83. The van der Waals surface area contributed by atoms with Crippen molar-refractivity contribution in [2.75, 3.05) is 13.1 Å². The summed E-state index contributed by atoms with van der Waals surface area (Å²) >= 11 is 1.50. The molecule has 0 spiro atoms. The molecule has 1 saturated heterocycles. The fourth-order valence-electron chi connectivity index (χ4n) is 3.46. The lowest BCUT2D eigenvalue weighted by atomic mass is 9.99. The number of hydrogen-bond acceptors (Lipinski definition) is 3. The maximum atomic E-state index is 13.1. The summed E-state index contributed by atoms with van der Waals surface area (Å²) in [4.78, 5) is 16.6. The quantitative estimate of drug-likeness (QED) is 0.681. The van der Waals surface area contributed by atoms with Crippen LogP contribution in [0.25, 0.3) is 10.2 Å². The highest BCUT2D eigenvalue weighted by molar-refractivity contribution is 7.20. The molecule has 136 valence electrons. The number of rotatable bonds is 3. The zero-order valence-corrected chi connectivity index (χ0v) is 15.9. The Morgan fingerprint density at radius 1 is 1.27 bits per heavy atom. The predicted octanol–water partition coefficient (Wildman–Crippen LogP) is 4.47. The zero-order valence-electron chi connectivity index (χ0n) is 15.0. The minimum absolute atomic E-state index is 0.130. The number of hydrogen-bond donors (Lipinski definition) is 0. The average Bonchev–Trinajstić information content (AvgIpc) is 3.19. The first kappa shape index (κ1) is 17.2. The van der Waals surface area contributed by atoms with Crippen LogP contribution in [0, 0.1) is 18.7 Å². The topological polar surface area (TPSA) is 38.1 Å². The molecule has 3 heterocycles. The van der Waals surface area contributed by atoms with Gasteiger partial charge in [-0.3, -0.25) is 9.48 Å². The molecule has 0 aliphatic carbocycles. The van der Waals surface area contributed by atoms with Gasteiger partial charge in [0.15, 0.2) is 0 Å². The maximum Gasteiger partial charge on any atom is 0.264 e. The molecule has 4 rings (SSSR count). The number of likely N-dealkylation sites (tertiary alicyclic amines) is 1. The minimum atomic E-state index is -0.240. The third kappa shape index (κ3) is 3.26. The lowest BCUT2D eigenvalue weighted by Crippen LogP contribution is -2.37. The van der Waals surface area contributed by atoms with E-state index >= 15 is 0 Å². The number of piperidine rings is 1. The Morgan fingerprint density at radius 2 is 1.96 bits per heavy atom. The first-order valence-electron chi connectivity index (χ1n) is 9.02. The van der Waals surface area contributed by atoms with Crippen molar-refractivity contribution in [1.82, 2.24) is 14.7 Å². The Hall–Kier alpha value is -2.21. The molecule has 0 N–H and O–H groups in total. The van der Waals surface area contributed by atoms with E-state index in [9.17, 15) is 9.18 Å². The van der Waals surface area contributed by atoms with Gasteiger partial charge in [0, 0.05) is 18.5 Å². The van der Waals surface area contributed by atoms with Gasteiger partial charge in [-0.2, -0.15) is 5.10 Å². The molecule has 2 aromatic heterocycles. The normalized spacial score (nSPS) is 15.7. The standard InChI is InChI=1S/C20H22FN3OS/c1-13-7-9-23(10-8-13)19(25)18-11-17-14(2)22-24(20(17)26-18)12-15-3-5-16(21)6-4-15/h3-6,11,13H,7-10,12H2,1-2H3. The van der Waals surface area contributed by atoms with Crippen molar-refractivity contribution in [3.8, 4) is 0 Å². The number of thiophene rings is 1. The van der Waals surface area contributed by atoms with Gasteiger partial charge in [-0.25, -0.2) is 4.39 Å². The van der Waals surface area contributed by atoms with E-state index in [2.05, 4.69) is 12.0 Å². The molecule has 6 heteroatoms. The van der Waals surface area contributed by atoms with Crippen LogP contribution in [-0.2, 0) is 6.54 Å². The Morgan fingerprint density at radius 3 is 2.65 bits per heavy atom. The number of aromatic nitrogens is 2. The molecular weight excluding hydrogens is 349 g/mol. The van der Waals surface area contributed by atoms with Gasteiger partial charge in [0.2, 0.25) is 0 Å². The Labute approximate surface area is 156 Å². The highest BCUT2D eigenvalue weighted by Crippen LogP contribution is 2.30. The van der Waals surface area contributed by atoms with Crippen LogP contribution in [0.5, 0.6) is 0 Å². The van der Waals surface area contributed by atoms with E-state index in [1.54, 1.807) is 12.1 Å². The van der Waals surface area contributed by atoms with Gasteiger partial charge < -0.3 is 4.90 Å². The molecule has 1 aliphatic heterocycles. The molecule has 0 unspecified atom stereocenters. The van der Waals surface area contributed by atoms with E-state index in [1.807, 2.05) is 22.6 Å². The Balaban J connectivity index is 1.61. The molecule has 1 aliphatic rings. The summed E-state index contributed by atoms with van der Waals surface area (Å²) in [6, 6.07) is 8.44.